The molecular weight excluding hydrogens is 494 g/mol. The Kier molecular flexibility index (Phi) is 8.03. The predicted molar refractivity (Wildman–Crippen MR) is 139 cm³/mol. The van der Waals surface area contributed by atoms with E-state index in [-0.39, 0.29) is 13.2 Å². The summed E-state index contributed by atoms with van der Waals surface area (Å²) in [5, 5.41) is 3.69. The van der Waals surface area contributed by atoms with Crippen molar-refractivity contribution in [2.45, 2.75) is 39.0 Å². The Balaban J connectivity index is 1.94. The minimum Gasteiger partial charge on any atom is -0.496 e. The number of rotatable bonds is 7. The van der Waals surface area contributed by atoms with Gasteiger partial charge in [-0.3, -0.25) is 9.59 Å². The second kappa shape index (κ2) is 11.2. The maximum atomic E-state index is 14.3. The Morgan fingerprint density at radius 1 is 1.00 bits per heavy atom. The molecule has 0 unspecified atom stereocenters. The van der Waals surface area contributed by atoms with Crippen molar-refractivity contribution in [2.24, 2.45) is 5.92 Å². The molecule has 1 heterocycles. The fourth-order valence-electron chi connectivity index (χ4n) is 5.30. The SMILES string of the molecule is CCOC(=O)C1=C(C)NC2=C(C(=O)[C@H](C(=O)OCC)[C@H](c3ccccc3OC)C2)[C@H]1c1ccccc1Cl. The highest BCUT2D eigenvalue weighted by atomic mass is 35.5. The molecule has 0 radical (unpaired) electrons. The number of allylic oxidation sites excluding steroid dienone is 3. The smallest absolute Gasteiger partial charge is 0.336 e. The standard InChI is InChI=1S/C29H30ClNO6/c1-5-36-28(33)23-16(3)31-21-15-19(17-11-8-10-14-22(17)35-4)25(29(34)37-6-2)27(32)26(21)24(23)18-12-7-9-13-20(18)30/h7-14,19,24-25,31H,5-6,15H2,1-4H3/t19-,24-,25+/m0/s1. The molecule has 2 aromatic carbocycles. The summed E-state index contributed by atoms with van der Waals surface area (Å²) in [6, 6.07) is 14.4. The van der Waals surface area contributed by atoms with Crippen LogP contribution in [0, 0.1) is 5.92 Å². The summed E-state index contributed by atoms with van der Waals surface area (Å²) >= 11 is 6.61. The number of methoxy groups -OCH3 is 1. The van der Waals surface area contributed by atoms with E-state index in [9.17, 15) is 14.4 Å². The van der Waals surface area contributed by atoms with Gasteiger partial charge < -0.3 is 19.5 Å². The van der Waals surface area contributed by atoms with E-state index >= 15 is 0 Å². The van der Waals surface area contributed by atoms with Gasteiger partial charge in [0.15, 0.2) is 5.78 Å². The zero-order valence-corrected chi connectivity index (χ0v) is 22.1. The molecule has 0 saturated heterocycles. The van der Waals surface area contributed by atoms with Gasteiger partial charge in [-0.15, -0.1) is 0 Å². The number of ether oxygens (including phenoxy) is 3. The van der Waals surface area contributed by atoms with Gasteiger partial charge in [-0.1, -0.05) is 48.0 Å². The number of para-hydroxylation sites is 1. The third-order valence-electron chi connectivity index (χ3n) is 6.81. The third-order valence-corrected chi connectivity index (χ3v) is 7.15. The number of benzene rings is 2. The highest BCUT2D eigenvalue weighted by molar-refractivity contribution is 6.31. The summed E-state index contributed by atoms with van der Waals surface area (Å²) < 4.78 is 16.3. The highest BCUT2D eigenvalue weighted by Gasteiger charge is 2.49. The first-order valence-corrected chi connectivity index (χ1v) is 12.7. The number of carbonyl (C=O) groups is 3. The fraction of sp³-hybridized carbons (Fsp3) is 0.345. The van der Waals surface area contributed by atoms with Gasteiger partial charge in [0, 0.05) is 33.8 Å². The van der Waals surface area contributed by atoms with Crippen molar-refractivity contribution in [3.63, 3.8) is 0 Å². The average molecular weight is 524 g/mol. The van der Waals surface area contributed by atoms with Crippen molar-refractivity contribution < 1.29 is 28.6 Å². The lowest BCUT2D eigenvalue weighted by atomic mass is 9.67. The number of hydrogen-bond donors (Lipinski definition) is 1. The lowest BCUT2D eigenvalue weighted by Crippen LogP contribution is -2.43. The molecule has 2 aliphatic rings. The highest BCUT2D eigenvalue weighted by Crippen LogP contribution is 2.50. The summed E-state index contributed by atoms with van der Waals surface area (Å²) in [4.78, 5) is 40.8. The molecule has 3 atom stereocenters. The van der Waals surface area contributed by atoms with Crippen molar-refractivity contribution >= 4 is 29.3 Å². The normalized spacial score (nSPS) is 21.2. The first kappa shape index (κ1) is 26.5. The van der Waals surface area contributed by atoms with Crippen molar-refractivity contribution in [3.8, 4) is 5.75 Å². The van der Waals surface area contributed by atoms with Crippen LogP contribution in [-0.2, 0) is 23.9 Å². The van der Waals surface area contributed by atoms with Crippen LogP contribution in [0.25, 0.3) is 0 Å². The van der Waals surface area contributed by atoms with Crippen molar-refractivity contribution in [2.75, 3.05) is 20.3 Å². The molecule has 0 bridgehead atoms. The largest absolute Gasteiger partial charge is 0.496 e. The molecule has 2 aromatic rings. The number of halogens is 1. The van der Waals surface area contributed by atoms with Crippen LogP contribution in [0.1, 0.15) is 50.2 Å². The van der Waals surface area contributed by atoms with Gasteiger partial charge in [0.25, 0.3) is 0 Å². The van der Waals surface area contributed by atoms with E-state index in [1.54, 1.807) is 58.2 Å². The van der Waals surface area contributed by atoms with E-state index in [1.165, 1.54) is 0 Å². The number of ketones is 1. The summed E-state index contributed by atoms with van der Waals surface area (Å²) in [7, 11) is 1.55. The zero-order chi connectivity index (χ0) is 26.7. The number of nitrogens with one attached hydrogen (secondary N) is 1. The van der Waals surface area contributed by atoms with E-state index < -0.39 is 35.5 Å². The molecule has 0 aromatic heterocycles. The lowest BCUT2D eigenvalue weighted by Gasteiger charge is -2.39. The van der Waals surface area contributed by atoms with Crippen LogP contribution in [0.4, 0.5) is 0 Å². The van der Waals surface area contributed by atoms with Crippen LogP contribution in [0.2, 0.25) is 5.02 Å². The van der Waals surface area contributed by atoms with Crippen molar-refractivity contribution in [3.05, 3.63) is 87.2 Å². The van der Waals surface area contributed by atoms with E-state index in [0.717, 1.165) is 5.56 Å². The summed E-state index contributed by atoms with van der Waals surface area (Å²) in [6.45, 7) is 5.51. The Morgan fingerprint density at radius 3 is 2.30 bits per heavy atom. The summed E-state index contributed by atoms with van der Waals surface area (Å²) in [5.74, 6) is -3.44. The topological polar surface area (TPSA) is 90.9 Å². The molecule has 194 valence electrons. The van der Waals surface area contributed by atoms with Crippen LogP contribution in [-0.4, -0.2) is 38.0 Å². The number of carbonyl (C=O) groups excluding carboxylic acids is 3. The molecule has 1 N–H and O–H groups in total. The van der Waals surface area contributed by atoms with Crippen LogP contribution in [0.3, 0.4) is 0 Å². The minimum absolute atomic E-state index is 0.131. The first-order chi connectivity index (χ1) is 17.8. The van der Waals surface area contributed by atoms with Crippen LogP contribution >= 0.6 is 11.6 Å². The zero-order valence-electron chi connectivity index (χ0n) is 21.3. The minimum atomic E-state index is -1.12. The van der Waals surface area contributed by atoms with E-state index in [1.807, 2.05) is 18.2 Å². The van der Waals surface area contributed by atoms with E-state index in [2.05, 4.69) is 5.32 Å². The maximum absolute atomic E-state index is 14.3. The molecule has 8 heteroatoms. The Hall–Kier alpha value is -3.58. The van der Waals surface area contributed by atoms with Crippen molar-refractivity contribution in [1.82, 2.24) is 5.32 Å². The molecule has 0 fully saturated rings. The average Bonchev–Trinajstić information content (AvgIpc) is 2.88. The quantitative estimate of drug-likeness (QED) is 0.400. The third kappa shape index (κ3) is 4.88. The molecule has 37 heavy (non-hydrogen) atoms. The van der Waals surface area contributed by atoms with Crippen LogP contribution in [0.15, 0.2) is 71.1 Å². The number of Topliss-reactive ketones (excluding diaryl/α,β-unsaturated/α-hetero) is 1. The van der Waals surface area contributed by atoms with Gasteiger partial charge in [0.2, 0.25) is 0 Å². The predicted octanol–water partition coefficient (Wildman–Crippen LogP) is 5.06. The number of dihydropyridines is 1. The molecule has 0 amide bonds. The van der Waals surface area contributed by atoms with Gasteiger partial charge in [-0.2, -0.15) is 0 Å². The maximum Gasteiger partial charge on any atom is 0.336 e. The molecule has 0 saturated carbocycles. The molecular formula is C29H30ClNO6. The van der Waals surface area contributed by atoms with Gasteiger partial charge in [0.05, 0.1) is 25.9 Å². The van der Waals surface area contributed by atoms with Gasteiger partial charge >= 0.3 is 11.9 Å². The molecule has 0 spiro atoms. The van der Waals surface area contributed by atoms with E-state index in [4.69, 9.17) is 25.8 Å². The van der Waals surface area contributed by atoms with Crippen molar-refractivity contribution in [1.29, 1.82) is 0 Å². The van der Waals surface area contributed by atoms with Crippen LogP contribution in [0.5, 0.6) is 5.75 Å². The summed E-state index contributed by atoms with van der Waals surface area (Å²) in [5.41, 5.74) is 3.15. The molecule has 4 rings (SSSR count). The van der Waals surface area contributed by atoms with Gasteiger partial charge in [-0.25, -0.2) is 4.79 Å². The van der Waals surface area contributed by atoms with Crippen LogP contribution < -0.4 is 10.1 Å². The molecule has 1 aliphatic heterocycles. The Bertz CT molecular complexity index is 1300. The second-order valence-corrected chi connectivity index (χ2v) is 9.28. The Labute approximate surface area is 221 Å². The number of esters is 2. The molecule has 1 aliphatic carbocycles. The second-order valence-electron chi connectivity index (χ2n) is 8.88. The lowest BCUT2D eigenvalue weighted by molar-refractivity contribution is -0.152. The monoisotopic (exact) mass is 523 g/mol. The fourth-order valence-corrected chi connectivity index (χ4v) is 5.55. The Morgan fingerprint density at radius 2 is 1.65 bits per heavy atom. The van der Waals surface area contributed by atoms with Gasteiger partial charge in [0.1, 0.15) is 11.7 Å². The number of hydrogen-bond acceptors (Lipinski definition) is 7. The summed E-state index contributed by atoms with van der Waals surface area (Å²) in [6.07, 6.45) is 0.333. The van der Waals surface area contributed by atoms with E-state index in [0.29, 0.717) is 45.3 Å². The first-order valence-electron chi connectivity index (χ1n) is 12.3. The molecule has 7 nitrogen and oxygen atoms in total. The van der Waals surface area contributed by atoms with Gasteiger partial charge in [-0.05, 0) is 50.5 Å².